The number of hydrogen-bond acceptors (Lipinski definition) is 4. The van der Waals surface area contributed by atoms with E-state index < -0.39 is 5.97 Å². The Morgan fingerprint density at radius 2 is 2.29 bits per heavy atom. The Morgan fingerprint density at radius 1 is 1.52 bits per heavy atom. The van der Waals surface area contributed by atoms with Crippen molar-refractivity contribution in [2.45, 2.75) is 25.3 Å². The minimum Gasteiger partial charge on any atom is -0.481 e. The van der Waals surface area contributed by atoms with Crippen LogP contribution in [0.5, 0.6) is 0 Å². The quantitative estimate of drug-likeness (QED) is 0.690. The van der Waals surface area contributed by atoms with E-state index in [1.165, 1.54) is 0 Å². The van der Waals surface area contributed by atoms with Crippen LogP contribution < -0.4 is 0 Å². The van der Waals surface area contributed by atoms with Crippen molar-refractivity contribution < 1.29 is 9.90 Å². The van der Waals surface area contributed by atoms with E-state index in [2.05, 4.69) is 54.0 Å². The first-order valence-electron chi connectivity index (χ1n) is 6.51. The summed E-state index contributed by atoms with van der Waals surface area (Å²) in [7, 11) is 0. The summed E-state index contributed by atoms with van der Waals surface area (Å²) in [6.45, 7) is 0. The van der Waals surface area contributed by atoms with E-state index in [1.54, 1.807) is 4.68 Å². The lowest BCUT2D eigenvalue weighted by atomic mass is 10.1. The normalized spacial score (nSPS) is 15.9. The van der Waals surface area contributed by atoms with E-state index in [4.69, 9.17) is 5.11 Å². The number of carboxylic acid groups (broad SMARTS) is 1. The van der Waals surface area contributed by atoms with Crippen LogP contribution in [0.25, 0.3) is 11.4 Å². The monoisotopic (exact) mass is 462 g/mol. The third kappa shape index (κ3) is 3.25. The molecule has 1 fully saturated rings. The maximum absolute atomic E-state index is 11.1. The molecule has 1 aromatic heterocycles. The van der Waals surface area contributed by atoms with E-state index in [-0.39, 0.29) is 12.5 Å². The molecule has 2 aromatic rings. The van der Waals surface area contributed by atoms with Crippen LogP contribution in [-0.4, -0.2) is 31.3 Å². The SMILES string of the molecule is O=C(O)CC(C1CC1)n1nnnc1-c1cc(Br)ccc1I. The van der Waals surface area contributed by atoms with Gasteiger partial charge in [0.25, 0.3) is 0 Å². The Balaban J connectivity index is 2.03. The van der Waals surface area contributed by atoms with Crippen molar-refractivity contribution in [3.63, 3.8) is 0 Å². The highest BCUT2D eigenvalue weighted by Gasteiger charge is 2.36. The molecule has 1 unspecified atom stereocenters. The van der Waals surface area contributed by atoms with Crippen molar-refractivity contribution in [1.29, 1.82) is 0 Å². The smallest absolute Gasteiger partial charge is 0.305 e. The number of hydrogen-bond donors (Lipinski definition) is 1. The molecule has 1 aliphatic rings. The molecule has 3 rings (SSSR count). The molecule has 0 amide bonds. The van der Waals surface area contributed by atoms with Crippen LogP contribution in [0.15, 0.2) is 22.7 Å². The second-order valence-corrected chi connectivity index (χ2v) is 7.15. The van der Waals surface area contributed by atoms with Gasteiger partial charge in [0.2, 0.25) is 0 Å². The number of rotatable bonds is 5. The van der Waals surface area contributed by atoms with E-state index >= 15 is 0 Å². The predicted molar refractivity (Wildman–Crippen MR) is 87.7 cm³/mol. The minimum absolute atomic E-state index is 0.0489. The molecule has 1 N–H and O–H groups in total. The van der Waals surface area contributed by atoms with Crippen molar-refractivity contribution in [2.75, 3.05) is 0 Å². The molecule has 0 saturated heterocycles. The summed E-state index contributed by atoms with van der Waals surface area (Å²) in [4.78, 5) is 11.1. The lowest BCUT2D eigenvalue weighted by Gasteiger charge is -2.16. The average molecular weight is 463 g/mol. The van der Waals surface area contributed by atoms with Gasteiger partial charge in [0, 0.05) is 13.6 Å². The highest BCUT2D eigenvalue weighted by atomic mass is 127. The molecule has 0 spiro atoms. The van der Waals surface area contributed by atoms with Gasteiger partial charge in [-0.2, -0.15) is 0 Å². The first-order valence-corrected chi connectivity index (χ1v) is 8.38. The van der Waals surface area contributed by atoms with E-state index in [1.807, 2.05) is 18.2 Å². The number of nitrogens with zero attached hydrogens (tertiary/aromatic N) is 4. The predicted octanol–water partition coefficient (Wildman–Crippen LogP) is 3.13. The molecule has 1 heterocycles. The number of benzene rings is 1. The third-order valence-electron chi connectivity index (χ3n) is 3.53. The topological polar surface area (TPSA) is 80.9 Å². The summed E-state index contributed by atoms with van der Waals surface area (Å²) in [5.41, 5.74) is 0.908. The zero-order chi connectivity index (χ0) is 15.0. The standard InChI is InChI=1S/C13H12BrIN4O2/c14-8-3-4-10(15)9(5-8)13-16-17-18-19(13)11(6-12(20)21)7-1-2-7/h3-5,7,11H,1-2,6H2,(H,20,21). The maximum Gasteiger partial charge on any atom is 0.305 e. The van der Waals surface area contributed by atoms with Gasteiger partial charge in [0.05, 0.1) is 12.5 Å². The Bertz CT molecular complexity index is 687. The highest BCUT2D eigenvalue weighted by molar-refractivity contribution is 14.1. The Morgan fingerprint density at radius 3 is 2.95 bits per heavy atom. The van der Waals surface area contributed by atoms with Crippen molar-refractivity contribution in [2.24, 2.45) is 5.92 Å². The molecule has 1 saturated carbocycles. The van der Waals surface area contributed by atoms with Gasteiger partial charge in [-0.1, -0.05) is 15.9 Å². The molecular weight excluding hydrogens is 451 g/mol. The number of carboxylic acids is 1. The van der Waals surface area contributed by atoms with Crippen LogP contribution >= 0.6 is 38.5 Å². The van der Waals surface area contributed by atoms with Crippen molar-refractivity contribution in [3.8, 4) is 11.4 Å². The fourth-order valence-electron chi connectivity index (χ4n) is 2.38. The molecular formula is C13H12BrIN4O2. The molecule has 1 aliphatic carbocycles. The molecule has 8 heteroatoms. The summed E-state index contributed by atoms with van der Waals surface area (Å²) in [5, 5.41) is 21.0. The average Bonchev–Trinajstić information content (AvgIpc) is 3.16. The van der Waals surface area contributed by atoms with Gasteiger partial charge >= 0.3 is 5.97 Å². The maximum atomic E-state index is 11.1. The minimum atomic E-state index is -0.822. The van der Waals surface area contributed by atoms with E-state index in [0.717, 1.165) is 26.4 Å². The second-order valence-electron chi connectivity index (χ2n) is 5.07. The van der Waals surface area contributed by atoms with Gasteiger partial charge < -0.3 is 5.11 Å². The highest BCUT2D eigenvalue weighted by Crippen LogP contribution is 2.42. The molecule has 6 nitrogen and oxygen atoms in total. The van der Waals surface area contributed by atoms with Crippen LogP contribution in [-0.2, 0) is 4.79 Å². The summed E-state index contributed by atoms with van der Waals surface area (Å²) in [6, 6.07) is 5.70. The fourth-order valence-corrected chi connectivity index (χ4v) is 3.31. The lowest BCUT2D eigenvalue weighted by molar-refractivity contribution is -0.138. The molecule has 110 valence electrons. The van der Waals surface area contributed by atoms with Crippen molar-refractivity contribution in [3.05, 3.63) is 26.2 Å². The Hall–Kier alpha value is -1.03. The largest absolute Gasteiger partial charge is 0.481 e. The second kappa shape index (κ2) is 5.99. The zero-order valence-electron chi connectivity index (χ0n) is 10.9. The number of aromatic nitrogens is 4. The molecule has 21 heavy (non-hydrogen) atoms. The third-order valence-corrected chi connectivity index (χ3v) is 4.96. The molecule has 1 atom stereocenters. The van der Waals surface area contributed by atoms with E-state index in [0.29, 0.717) is 11.7 Å². The van der Waals surface area contributed by atoms with Crippen LogP contribution in [0.1, 0.15) is 25.3 Å². The van der Waals surface area contributed by atoms with Crippen LogP contribution in [0.4, 0.5) is 0 Å². The summed E-state index contributed by atoms with van der Waals surface area (Å²) in [6.07, 6.45) is 2.12. The van der Waals surface area contributed by atoms with Crippen molar-refractivity contribution >= 4 is 44.5 Å². The number of carbonyl (C=O) groups is 1. The summed E-state index contributed by atoms with van der Waals surface area (Å²) < 4.78 is 3.64. The zero-order valence-corrected chi connectivity index (χ0v) is 14.7. The first-order chi connectivity index (χ1) is 10.1. The summed E-state index contributed by atoms with van der Waals surface area (Å²) >= 11 is 5.68. The molecule has 0 aliphatic heterocycles. The molecule has 1 aromatic carbocycles. The van der Waals surface area contributed by atoms with Gasteiger partial charge in [0.15, 0.2) is 5.82 Å². The number of tetrazole rings is 1. The number of halogens is 2. The van der Waals surface area contributed by atoms with Gasteiger partial charge in [-0.15, -0.1) is 5.10 Å². The molecule has 0 radical (unpaired) electrons. The first kappa shape index (κ1) is 14.9. The van der Waals surface area contributed by atoms with Gasteiger partial charge in [0.1, 0.15) is 0 Å². The van der Waals surface area contributed by atoms with E-state index in [9.17, 15) is 4.79 Å². The van der Waals surface area contributed by atoms with Gasteiger partial charge in [-0.25, -0.2) is 4.68 Å². The fraction of sp³-hybridized carbons (Fsp3) is 0.385. The van der Waals surface area contributed by atoms with Gasteiger partial charge in [-0.05, 0) is 70.0 Å². The van der Waals surface area contributed by atoms with Crippen LogP contribution in [0.2, 0.25) is 0 Å². The number of aliphatic carboxylic acids is 1. The van der Waals surface area contributed by atoms with Crippen LogP contribution in [0.3, 0.4) is 0 Å². The Labute approximate surface area is 143 Å². The van der Waals surface area contributed by atoms with Gasteiger partial charge in [-0.3, -0.25) is 4.79 Å². The molecule has 0 bridgehead atoms. The Kier molecular flexibility index (Phi) is 4.25. The van der Waals surface area contributed by atoms with Crippen LogP contribution in [0, 0.1) is 9.49 Å². The van der Waals surface area contributed by atoms with Crippen molar-refractivity contribution in [1.82, 2.24) is 20.2 Å². The lowest BCUT2D eigenvalue weighted by Crippen LogP contribution is -2.18. The summed E-state index contributed by atoms with van der Waals surface area (Å²) in [5.74, 6) is 0.157.